The lowest BCUT2D eigenvalue weighted by molar-refractivity contribution is 0.0730. The largest absolute Gasteiger partial charge is 0.493 e. The summed E-state index contributed by atoms with van der Waals surface area (Å²) in [6, 6.07) is 17.4. The van der Waals surface area contributed by atoms with Crippen molar-refractivity contribution in [3.63, 3.8) is 0 Å². The molecule has 0 spiro atoms. The Labute approximate surface area is 214 Å². The molecule has 0 radical (unpaired) electrons. The molecule has 0 amide bonds. The number of carbonyl (C=O) groups excluding carboxylic acids is 1. The Balaban J connectivity index is 1.74. The van der Waals surface area contributed by atoms with Crippen LogP contribution in [0.3, 0.4) is 0 Å². The molecule has 0 saturated carbocycles. The number of hydrogen-bond acceptors (Lipinski definition) is 9. The van der Waals surface area contributed by atoms with Gasteiger partial charge in [-0.05, 0) is 42.8 Å². The van der Waals surface area contributed by atoms with E-state index in [-0.39, 0.29) is 17.2 Å². The van der Waals surface area contributed by atoms with Crippen molar-refractivity contribution < 1.29 is 33.2 Å². The third-order valence-corrected chi connectivity index (χ3v) is 5.83. The number of hydrogen-bond donors (Lipinski definition) is 1. The highest BCUT2D eigenvalue weighted by atomic mass is 16.5. The molecular formula is C28H26N2O7. The maximum Gasteiger partial charge on any atom is 0.347 e. The summed E-state index contributed by atoms with van der Waals surface area (Å²) in [5.41, 5.74) is 7.99. The summed E-state index contributed by atoms with van der Waals surface area (Å²) in [6.07, 6.45) is 0. The summed E-state index contributed by atoms with van der Waals surface area (Å²) in [6.45, 7) is 2.24. The van der Waals surface area contributed by atoms with Crippen LogP contribution in [0.25, 0.3) is 0 Å². The van der Waals surface area contributed by atoms with Gasteiger partial charge in [-0.3, -0.25) is 0 Å². The van der Waals surface area contributed by atoms with Gasteiger partial charge in [0.15, 0.2) is 11.5 Å². The molecule has 1 heterocycles. The first-order valence-electron chi connectivity index (χ1n) is 11.4. The van der Waals surface area contributed by atoms with E-state index in [0.717, 1.165) is 0 Å². The number of rotatable bonds is 8. The number of nitrogens with two attached hydrogens (primary N) is 1. The Morgan fingerprint density at radius 2 is 1.70 bits per heavy atom. The van der Waals surface area contributed by atoms with Gasteiger partial charge in [-0.25, -0.2) is 4.79 Å². The SMILES string of the molecule is CCOc1ccccc1C(=O)Oc1ccc2c(c1)OC(N)=C(C#N)C2c1cc(OC)c(OC)c(OC)c1. The van der Waals surface area contributed by atoms with Crippen LogP contribution in [0, 0.1) is 11.3 Å². The Hall–Kier alpha value is -4.84. The monoisotopic (exact) mass is 502 g/mol. The average Bonchev–Trinajstić information content (AvgIpc) is 2.91. The summed E-state index contributed by atoms with van der Waals surface area (Å²) in [7, 11) is 4.54. The van der Waals surface area contributed by atoms with Gasteiger partial charge in [-0.2, -0.15) is 5.26 Å². The molecule has 190 valence electrons. The number of nitrogens with zero attached hydrogens (tertiary/aromatic N) is 1. The zero-order valence-corrected chi connectivity index (χ0v) is 20.9. The minimum Gasteiger partial charge on any atom is -0.493 e. The number of nitriles is 1. The summed E-state index contributed by atoms with van der Waals surface area (Å²) in [5, 5.41) is 9.91. The Bertz CT molecular complexity index is 1380. The molecule has 0 aliphatic carbocycles. The highest BCUT2D eigenvalue weighted by Gasteiger charge is 2.33. The van der Waals surface area contributed by atoms with Crippen LogP contribution in [-0.4, -0.2) is 33.9 Å². The lowest BCUT2D eigenvalue weighted by Gasteiger charge is -2.27. The molecule has 9 nitrogen and oxygen atoms in total. The number of ether oxygens (including phenoxy) is 6. The number of carbonyl (C=O) groups is 1. The zero-order valence-electron chi connectivity index (χ0n) is 20.9. The van der Waals surface area contributed by atoms with E-state index < -0.39 is 11.9 Å². The van der Waals surface area contributed by atoms with E-state index in [1.54, 1.807) is 54.6 Å². The fraction of sp³-hybridized carbons (Fsp3) is 0.214. The smallest absolute Gasteiger partial charge is 0.347 e. The van der Waals surface area contributed by atoms with Crippen molar-refractivity contribution in [1.29, 1.82) is 5.26 Å². The van der Waals surface area contributed by atoms with E-state index in [1.165, 1.54) is 21.3 Å². The van der Waals surface area contributed by atoms with Gasteiger partial charge in [0, 0.05) is 11.6 Å². The second-order valence-electron chi connectivity index (χ2n) is 7.90. The number of allylic oxidation sites excluding steroid dienone is 1. The van der Waals surface area contributed by atoms with E-state index in [1.807, 2.05) is 6.92 Å². The standard InChI is InChI=1S/C28H26N2O7/c1-5-35-21-9-7-6-8-19(21)28(31)36-17-10-11-18-22(14-17)37-27(30)20(15-29)25(18)16-12-23(32-2)26(34-4)24(13-16)33-3/h6-14,25H,5,30H2,1-4H3. The van der Waals surface area contributed by atoms with Crippen molar-refractivity contribution in [3.05, 3.63) is 82.7 Å². The quantitative estimate of drug-likeness (QED) is 0.349. The third kappa shape index (κ3) is 4.82. The van der Waals surface area contributed by atoms with E-state index in [2.05, 4.69) is 6.07 Å². The molecule has 1 aliphatic rings. The summed E-state index contributed by atoms with van der Waals surface area (Å²) in [5.74, 6) is 1.07. The van der Waals surface area contributed by atoms with Crippen LogP contribution >= 0.6 is 0 Å². The van der Waals surface area contributed by atoms with Crippen molar-refractivity contribution in [2.24, 2.45) is 5.73 Å². The predicted molar refractivity (Wildman–Crippen MR) is 134 cm³/mol. The maximum absolute atomic E-state index is 12.9. The molecule has 3 aromatic carbocycles. The number of benzene rings is 3. The molecule has 3 aromatic rings. The van der Waals surface area contributed by atoms with Gasteiger partial charge in [-0.15, -0.1) is 0 Å². The Morgan fingerprint density at radius 1 is 1.00 bits per heavy atom. The zero-order chi connectivity index (χ0) is 26.5. The van der Waals surface area contributed by atoms with Crippen LogP contribution in [0.1, 0.15) is 34.3 Å². The number of esters is 1. The second kappa shape index (κ2) is 10.8. The van der Waals surface area contributed by atoms with Crippen molar-refractivity contribution in [1.82, 2.24) is 0 Å². The van der Waals surface area contributed by atoms with Crippen molar-refractivity contribution in [2.45, 2.75) is 12.8 Å². The summed E-state index contributed by atoms with van der Waals surface area (Å²) < 4.78 is 33.3. The molecule has 2 N–H and O–H groups in total. The van der Waals surface area contributed by atoms with Crippen molar-refractivity contribution in [3.8, 4) is 40.6 Å². The first-order valence-corrected chi connectivity index (χ1v) is 11.4. The topological polar surface area (TPSA) is 122 Å². The van der Waals surface area contributed by atoms with Gasteiger partial charge in [0.25, 0.3) is 0 Å². The Morgan fingerprint density at radius 3 is 2.32 bits per heavy atom. The van der Waals surface area contributed by atoms with E-state index in [9.17, 15) is 10.1 Å². The minimum absolute atomic E-state index is 0.0566. The third-order valence-electron chi connectivity index (χ3n) is 5.83. The van der Waals surface area contributed by atoms with Crippen LogP contribution < -0.4 is 34.2 Å². The van der Waals surface area contributed by atoms with Crippen LogP contribution in [0.15, 0.2) is 66.1 Å². The highest BCUT2D eigenvalue weighted by Crippen LogP contribution is 2.47. The van der Waals surface area contributed by atoms with Crippen LogP contribution in [0.4, 0.5) is 0 Å². The maximum atomic E-state index is 12.9. The molecule has 1 aliphatic heterocycles. The molecule has 1 atom stereocenters. The molecule has 0 fully saturated rings. The minimum atomic E-state index is -0.592. The lowest BCUT2D eigenvalue weighted by Crippen LogP contribution is -2.21. The molecular weight excluding hydrogens is 476 g/mol. The molecule has 0 bridgehead atoms. The first kappa shape index (κ1) is 25.3. The highest BCUT2D eigenvalue weighted by molar-refractivity contribution is 5.94. The van der Waals surface area contributed by atoms with Gasteiger partial charge in [0.05, 0.1) is 33.9 Å². The number of para-hydroxylation sites is 1. The van der Waals surface area contributed by atoms with Gasteiger partial charge in [0.2, 0.25) is 11.6 Å². The van der Waals surface area contributed by atoms with Gasteiger partial charge < -0.3 is 34.2 Å². The second-order valence-corrected chi connectivity index (χ2v) is 7.90. The van der Waals surface area contributed by atoms with Gasteiger partial charge >= 0.3 is 5.97 Å². The van der Waals surface area contributed by atoms with Crippen molar-refractivity contribution in [2.75, 3.05) is 27.9 Å². The van der Waals surface area contributed by atoms with Crippen molar-refractivity contribution >= 4 is 5.97 Å². The Kier molecular flexibility index (Phi) is 7.39. The predicted octanol–water partition coefficient (Wildman–Crippen LogP) is 4.55. The van der Waals surface area contributed by atoms with Crippen LogP contribution in [0.2, 0.25) is 0 Å². The fourth-order valence-corrected chi connectivity index (χ4v) is 4.19. The normalized spacial score (nSPS) is 14.1. The number of methoxy groups -OCH3 is 3. The molecule has 0 aromatic heterocycles. The lowest BCUT2D eigenvalue weighted by atomic mass is 9.83. The summed E-state index contributed by atoms with van der Waals surface area (Å²) in [4.78, 5) is 12.9. The average molecular weight is 503 g/mol. The molecule has 0 saturated heterocycles. The molecule has 4 rings (SSSR count). The molecule has 9 heteroatoms. The molecule has 1 unspecified atom stereocenters. The van der Waals surface area contributed by atoms with E-state index in [4.69, 9.17) is 34.2 Å². The molecule has 37 heavy (non-hydrogen) atoms. The number of fused-ring (bicyclic) bond motifs is 1. The van der Waals surface area contributed by atoms with Crippen LogP contribution in [0.5, 0.6) is 34.5 Å². The van der Waals surface area contributed by atoms with Gasteiger partial charge in [-0.1, -0.05) is 18.2 Å². The van der Waals surface area contributed by atoms with E-state index in [0.29, 0.717) is 52.0 Å². The first-order chi connectivity index (χ1) is 17.9. The van der Waals surface area contributed by atoms with Gasteiger partial charge in [0.1, 0.15) is 34.5 Å². The van der Waals surface area contributed by atoms with E-state index >= 15 is 0 Å². The summed E-state index contributed by atoms with van der Waals surface area (Å²) >= 11 is 0. The van der Waals surface area contributed by atoms with Crippen LogP contribution in [-0.2, 0) is 0 Å². The fourth-order valence-electron chi connectivity index (χ4n) is 4.19.